The van der Waals surface area contributed by atoms with Crippen molar-refractivity contribution < 1.29 is 0 Å². The van der Waals surface area contributed by atoms with E-state index in [9.17, 15) is 0 Å². The van der Waals surface area contributed by atoms with Gasteiger partial charge in [0, 0.05) is 4.62 Å². The Hall–Kier alpha value is 0.560. The summed E-state index contributed by atoms with van der Waals surface area (Å²) in [5.74, 6) is 0. The number of hydrogen-bond acceptors (Lipinski definition) is 1. The summed E-state index contributed by atoms with van der Waals surface area (Å²) in [4.78, 5) is 0. The van der Waals surface area contributed by atoms with Gasteiger partial charge in [-0.3, -0.25) is 0 Å². The van der Waals surface area contributed by atoms with Gasteiger partial charge in [-0.2, -0.15) is 0 Å². The van der Waals surface area contributed by atoms with Gasteiger partial charge < -0.3 is 0 Å². The van der Waals surface area contributed by atoms with Gasteiger partial charge in [-0.05, 0) is 30.1 Å². The number of hydrogen-bond donors (Lipinski definition) is 0. The fraction of sp³-hybridized carbons (Fsp3) is 0.333. The van der Waals surface area contributed by atoms with Crippen LogP contribution in [0.5, 0.6) is 0 Å². The van der Waals surface area contributed by atoms with Gasteiger partial charge in [0.05, 0.1) is 0 Å². The molecule has 0 aromatic carbocycles. The Morgan fingerprint density at radius 2 is 2.11 bits per heavy atom. The smallest absolute Gasteiger partial charge is 0.0318 e. The average molecular weight is 176 g/mol. The average Bonchev–Trinajstić information content (AvgIpc) is 2.33. The van der Waals surface area contributed by atoms with Crippen molar-refractivity contribution in [2.45, 2.75) is 0 Å². The molecule has 1 aromatic heterocycles. The third kappa shape index (κ3) is 1.74. The van der Waals surface area contributed by atoms with Crippen molar-refractivity contribution in [2.75, 3.05) is 13.3 Å². The molecule has 0 aliphatic carbocycles. The quantitative estimate of drug-likeness (QED) is 0.600. The topological polar surface area (TPSA) is 0 Å². The van der Waals surface area contributed by atoms with Crippen molar-refractivity contribution in [1.82, 2.24) is 0 Å². The predicted molar refractivity (Wildman–Crippen MR) is 52.1 cm³/mol. The maximum atomic E-state index is 2.25. The molecule has 0 saturated carbocycles. The van der Waals surface area contributed by atoms with E-state index in [4.69, 9.17) is 0 Å². The van der Waals surface area contributed by atoms with Crippen LogP contribution in [0.25, 0.3) is 0 Å². The summed E-state index contributed by atoms with van der Waals surface area (Å²) in [7, 11) is 1.96. The highest BCUT2D eigenvalue weighted by molar-refractivity contribution is 7.60. The monoisotopic (exact) mass is 176 g/mol. The summed E-state index contributed by atoms with van der Waals surface area (Å²) in [6, 6.07) is 2.24. The van der Waals surface area contributed by atoms with Gasteiger partial charge in [-0.1, -0.05) is 17.2 Å². The highest BCUT2D eigenvalue weighted by Crippen LogP contribution is 2.13. The molecule has 0 bridgehead atoms. The van der Waals surface area contributed by atoms with Crippen LogP contribution in [0.3, 0.4) is 0 Å². The molecule has 0 aliphatic heterocycles. The summed E-state index contributed by atoms with van der Waals surface area (Å²) in [5.41, 5.74) is 0. The van der Waals surface area contributed by atoms with Crippen LogP contribution in [-0.2, 0) is 0 Å². The molecule has 2 unspecified atom stereocenters. The highest BCUT2D eigenvalue weighted by atomic mass is 32.1. The van der Waals surface area contributed by atoms with Crippen molar-refractivity contribution >= 4 is 38.4 Å². The molecule has 1 heterocycles. The van der Waals surface area contributed by atoms with E-state index in [0.717, 1.165) is 17.2 Å². The van der Waals surface area contributed by atoms with Crippen LogP contribution in [-0.4, -0.2) is 13.3 Å². The zero-order valence-corrected chi connectivity index (χ0v) is 8.38. The van der Waals surface area contributed by atoms with Gasteiger partial charge in [0.15, 0.2) is 0 Å². The van der Waals surface area contributed by atoms with Crippen molar-refractivity contribution in [3.05, 3.63) is 11.4 Å². The second-order valence-corrected chi connectivity index (χ2v) is 4.98. The molecule has 50 valence electrons. The zero-order chi connectivity index (χ0) is 6.69. The fourth-order valence-electron chi connectivity index (χ4n) is 0.700. The second kappa shape index (κ2) is 3.66. The summed E-state index contributed by atoms with van der Waals surface area (Å²) in [6.07, 6.45) is 0. The second-order valence-electron chi connectivity index (χ2n) is 1.66. The molecular weight excluding hydrogens is 166 g/mol. The standard InChI is InChI=1S/C6H10P2S/c1-7-5-3-4-9-6(5)8-2/h3-4,7-8H,1-2H3. The minimum Gasteiger partial charge on any atom is -0.144 e. The summed E-state index contributed by atoms with van der Waals surface area (Å²) < 4.78 is 1.59. The van der Waals surface area contributed by atoms with Gasteiger partial charge in [0.2, 0.25) is 0 Å². The van der Waals surface area contributed by atoms with Gasteiger partial charge in [0.1, 0.15) is 0 Å². The van der Waals surface area contributed by atoms with Crippen LogP contribution in [0.2, 0.25) is 0 Å². The van der Waals surface area contributed by atoms with E-state index in [1.807, 2.05) is 11.3 Å². The van der Waals surface area contributed by atoms with Crippen molar-refractivity contribution in [3.8, 4) is 0 Å². The Morgan fingerprint density at radius 1 is 1.33 bits per heavy atom. The first-order valence-electron chi connectivity index (χ1n) is 2.81. The van der Waals surface area contributed by atoms with Crippen LogP contribution in [0.1, 0.15) is 0 Å². The van der Waals surface area contributed by atoms with Gasteiger partial charge in [0.25, 0.3) is 0 Å². The lowest BCUT2D eigenvalue weighted by Crippen LogP contribution is -2.06. The molecule has 2 atom stereocenters. The molecule has 0 spiro atoms. The molecular formula is C6H10P2S. The Kier molecular flexibility index (Phi) is 3.12. The largest absolute Gasteiger partial charge is 0.144 e. The molecule has 9 heavy (non-hydrogen) atoms. The van der Waals surface area contributed by atoms with Gasteiger partial charge >= 0.3 is 0 Å². The van der Waals surface area contributed by atoms with Crippen LogP contribution in [0.15, 0.2) is 11.4 Å². The van der Waals surface area contributed by atoms with Crippen molar-refractivity contribution in [3.63, 3.8) is 0 Å². The van der Waals surface area contributed by atoms with Gasteiger partial charge in [-0.15, -0.1) is 11.3 Å². The van der Waals surface area contributed by atoms with E-state index >= 15 is 0 Å². The zero-order valence-electron chi connectivity index (χ0n) is 5.56. The first-order chi connectivity index (χ1) is 4.38. The number of thiophene rings is 1. The minimum atomic E-state index is 0.977. The van der Waals surface area contributed by atoms with Crippen molar-refractivity contribution in [1.29, 1.82) is 0 Å². The Labute approximate surface area is 63.6 Å². The van der Waals surface area contributed by atoms with Crippen LogP contribution >= 0.6 is 28.5 Å². The Bertz CT molecular complexity index is 164. The maximum absolute atomic E-state index is 2.25. The van der Waals surface area contributed by atoms with E-state index in [1.54, 1.807) is 9.92 Å². The molecule has 1 rings (SSSR count). The molecule has 0 radical (unpaired) electrons. The molecule has 0 fully saturated rings. The minimum absolute atomic E-state index is 0.977. The summed E-state index contributed by atoms with van der Waals surface area (Å²) in [6.45, 7) is 4.49. The molecule has 0 N–H and O–H groups in total. The molecule has 0 aliphatic rings. The van der Waals surface area contributed by atoms with E-state index in [0.29, 0.717) is 0 Å². The maximum Gasteiger partial charge on any atom is 0.0318 e. The lowest BCUT2D eigenvalue weighted by molar-refractivity contribution is 2.17. The molecule has 1 aromatic rings. The summed E-state index contributed by atoms with van der Waals surface area (Å²) >= 11 is 1.89. The Balaban J connectivity index is 2.85. The summed E-state index contributed by atoms with van der Waals surface area (Å²) in [5, 5.41) is 3.76. The highest BCUT2D eigenvalue weighted by Gasteiger charge is 1.96. The lowest BCUT2D eigenvalue weighted by atomic mass is 10.7. The fourth-order valence-corrected chi connectivity index (χ4v) is 4.09. The van der Waals surface area contributed by atoms with Crippen LogP contribution in [0, 0.1) is 0 Å². The van der Waals surface area contributed by atoms with Crippen LogP contribution < -0.4 is 9.92 Å². The van der Waals surface area contributed by atoms with Gasteiger partial charge in [-0.25, -0.2) is 0 Å². The first kappa shape index (κ1) is 7.66. The van der Waals surface area contributed by atoms with Crippen molar-refractivity contribution in [2.24, 2.45) is 0 Å². The van der Waals surface area contributed by atoms with E-state index in [-0.39, 0.29) is 0 Å². The molecule has 0 nitrogen and oxygen atoms in total. The number of rotatable bonds is 2. The molecule has 0 saturated heterocycles. The van der Waals surface area contributed by atoms with E-state index in [1.165, 1.54) is 0 Å². The van der Waals surface area contributed by atoms with Crippen LogP contribution in [0.4, 0.5) is 0 Å². The third-order valence-corrected chi connectivity index (χ3v) is 4.97. The predicted octanol–water partition coefficient (Wildman–Crippen LogP) is 1.62. The third-order valence-electron chi connectivity index (χ3n) is 1.16. The lowest BCUT2D eigenvalue weighted by Gasteiger charge is -1.93. The molecule has 3 heteroatoms. The molecule has 0 amide bonds. The first-order valence-corrected chi connectivity index (χ1v) is 6.69. The van der Waals surface area contributed by atoms with E-state index in [2.05, 4.69) is 24.8 Å². The SMILES string of the molecule is CPc1ccsc1PC. The van der Waals surface area contributed by atoms with E-state index < -0.39 is 0 Å². The Morgan fingerprint density at radius 3 is 2.56 bits per heavy atom. The normalized spacial score (nSPS) is 12.7.